The molecule has 5 rings (SSSR count). The highest BCUT2D eigenvalue weighted by atomic mass is 16.3. The van der Waals surface area contributed by atoms with Crippen LogP contribution in [-0.2, 0) is 17.9 Å². The maximum atomic E-state index is 13.1. The lowest BCUT2D eigenvalue weighted by Gasteiger charge is -2.28. The number of likely N-dealkylation sites (tertiary alicyclic amines) is 1. The standard InChI is InChI=1S/C23H26N2O2/c26-22-19-17-11-12-18(21(17)24-13-15-7-3-1-4-8-15)20(19)23(27)25(22)14-16-9-5-2-6-10-16/h1-10,17-22,24,26H,11-14H2/t17-,18-,19-,20-,21+,22-/m1/s1. The minimum Gasteiger partial charge on any atom is -0.373 e. The van der Waals surface area contributed by atoms with Crippen LogP contribution in [-0.4, -0.2) is 28.2 Å². The molecule has 2 aromatic carbocycles. The summed E-state index contributed by atoms with van der Waals surface area (Å²) >= 11 is 0. The summed E-state index contributed by atoms with van der Waals surface area (Å²) in [6.07, 6.45) is 1.55. The first-order valence-electron chi connectivity index (χ1n) is 10.0. The van der Waals surface area contributed by atoms with E-state index in [1.54, 1.807) is 4.90 Å². The number of fused-ring (bicyclic) bond motifs is 5. The zero-order valence-corrected chi connectivity index (χ0v) is 15.4. The summed E-state index contributed by atoms with van der Waals surface area (Å²) in [6.45, 7) is 1.34. The molecule has 2 aromatic rings. The Bertz CT molecular complexity index is 810. The van der Waals surface area contributed by atoms with Crippen LogP contribution in [0.4, 0.5) is 0 Å². The largest absolute Gasteiger partial charge is 0.373 e. The monoisotopic (exact) mass is 362 g/mol. The fraction of sp³-hybridized carbons (Fsp3) is 0.435. The highest BCUT2D eigenvalue weighted by Crippen LogP contribution is 2.57. The third kappa shape index (κ3) is 2.79. The third-order valence-corrected chi connectivity index (χ3v) is 6.94. The van der Waals surface area contributed by atoms with Crippen molar-refractivity contribution in [3.05, 3.63) is 71.8 Å². The van der Waals surface area contributed by atoms with E-state index in [-0.39, 0.29) is 17.7 Å². The zero-order chi connectivity index (χ0) is 18.4. The van der Waals surface area contributed by atoms with E-state index in [1.807, 2.05) is 36.4 Å². The van der Waals surface area contributed by atoms with Crippen LogP contribution >= 0.6 is 0 Å². The SMILES string of the molecule is O=C1[C@@H]2[C@H]3CC[C@@H]([C@@H]3NCc3ccccc3)[C@H]2[C@@H](O)N1Cc1ccccc1. The second kappa shape index (κ2) is 6.77. The van der Waals surface area contributed by atoms with Gasteiger partial charge in [0.2, 0.25) is 5.91 Å². The number of aliphatic hydroxyl groups is 1. The molecule has 0 unspecified atom stereocenters. The molecule has 140 valence electrons. The van der Waals surface area contributed by atoms with Crippen LogP contribution in [0.3, 0.4) is 0 Å². The van der Waals surface area contributed by atoms with Crippen molar-refractivity contribution in [2.24, 2.45) is 23.7 Å². The Kier molecular flexibility index (Phi) is 4.25. The number of carbonyl (C=O) groups excluding carboxylic acids is 1. The van der Waals surface area contributed by atoms with Gasteiger partial charge in [0.25, 0.3) is 0 Å². The number of hydrogen-bond acceptors (Lipinski definition) is 3. The van der Waals surface area contributed by atoms with Crippen molar-refractivity contribution in [3.8, 4) is 0 Å². The molecule has 27 heavy (non-hydrogen) atoms. The van der Waals surface area contributed by atoms with Crippen molar-refractivity contribution in [1.29, 1.82) is 0 Å². The van der Waals surface area contributed by atoms with Gasteiger partial charge in [0.1, 0.15) is 6.23 Å². The van der Waals surface area contributed by atoms with Crippen molar-refractivity contribution < 1.29 is 9.90 Å². The molecule has 4 heteroatoms. The van der Waals surface area contributed by atoms with Crippen molar-refractivity contribution in [2.45, 2.75) is 38.2 Å². The minimum absolute atomic E-state index is 0.0178. The fourth-order valence-corrected chi connectivity index (χ4v) is 5.82. The van der Waals surface area contributed by atoms with Crippen LogP contribution in [0.15, 0.2) is 60.7 Å². The second-order valence-electron chi connectivity index (χ2n) is 8.27. The highest BCUT2D eigenvalue weighted by molar-refractivity contribution is 5.83. The van der Waals surface area contributed by atoms with Crippen LogP contribution in [0.25, 0.3) is 0 Å². The fourth-order valence-electron chi connectivity index (χ4n) is 5.82. The molecule has 1 amide bonds. The van der Waals surface area contributed by atoms with Gasteiger partial charge in [-0.05, 0) is 35.8 Å². The first kappa shape index (κ1) is 17.0. The number of nitrogens with zero attached hydrogens (tertiary/aromatic N) is 1. The molecule has 3 aliphatic rings. The van der Waals surface area contributed by atoms with Gasteiger partial charge in [0.05, 0.1) is 0 Å². The van der Waals surface area contributed by atoms with E-state index in [2.05, 4.69) is 29.6 Å². The molecule has 1 saturated heterocycles. The van der Waals surface area contributed by atoms with E-state index in [0.29, 0.717) is 24.4 Å². The van der Waals surface area contributed by atoms with Gasteiger partial charge >= 0.3 is 0 Å². The second-order valence-corrected chi connectivity index (χ2v) is 8.27. The van der Waals surface area contributed by atoms with E-state index in [1.165, 1.54) is 5.56 Å². The van der Waals surface area contributed by atoms with E-state index in [4.69, 9.17) is 0 Å². The molecule has 2 aliphatic carbocycles. The molecule has 4 nitrogen and oxygen atoms in total. The van der Waals surface area contributed by atoms with Gasteiger partial charge in [-0.25, -0.2) is 0 Å². The zero-order valence-electron chi connectivity index (χ0n) is 15.4. The normalized spacial score (nSPS) is 34.3. The van der Waals surface area contributed by atoms with Crippen LogP contribution in [0.5, 0.6) is 0 Å². The molecule has 6 atom stereocenters. The van der Waals surface area contributed by atoms with Crippen molar-refractivity contribution in [2.75, 3.05) is 0 Å². The molecule has 0 aromatic heterocycles. The molecule has 2 saturated carbocycles. The number of amides is 1. The topological polar surface area (TPSA) is 52.6 Å². The predicted octanol–water partition coefficient (Wildman–Crippen LogP) is 2.78. The molecular formula is C23H26N2O2. The molecule has 2 bridgehead atoms. The van der Waals surface area contributed by atoms with Crippen LogP contribution < -0.4 is 5.32 Å². The van der Waals surface area contributed by atoms with Crippen LogP contribution in [0, 0.1) is 23.7 Å². The number of nitrogens with one attached hydrogen (secondary N) is 1. The summed E-state index contributed by atoms with van der Waals surface area (Å²) < 4.78 is 0. The Hall–Kier alpha value is -2.17. The molecule has 3 fully saturated rings. The summed E-state index contributed by atoms with van der Waals surface area (Å²) in [5.41, 5.74) is 2.35. The van der Waals surface area contributed by atoms with Crippen LogP contribution in [0.1, 0.15) is 24.0 Å². The van der Waals surface area contributed by atoms with Gasteiger partial charge in [0, 0.05) is 31.0 Å². The average Bonchev–Trinajstić information content (AvgIpc) is 3.33. The Morgan fingerprint density at radius 3 is 2.22 bits per heavy atom. The summed E-state index contributed by atoms with van der Waals surface area (Å²) in [6, 6.07) is 20.7. The Balaban J connectivity index is 1.31. The van der Waals surface area contributed by atoms with Crippen molar-refractivity contribution >= 4 is 5.91 Å². The highest BCUT2D eigenvalue weighted by Gasteiger charge is 2.64. The predicted molar refractivity (Wildman–Crippen MR) is 103 cm³/mol. The van der Waals surface area contributed by atoms with Crippen molar-refractivity contribution in [3.63, 3.8) is 0 Å². The van der Waals surface area contributed by atoms with E-state index in [0.717, 1.165) is 24.9 Å². The van der Waals surface area contributed by atoms with Gasteiger partial charge in [-0.1, -0.05) is 60.7 Å². The quantitative estimate of drug-likeness (QED) is 0.860. The summed E-state index contributed by atoms with van der Waals surface area (Å²) in [7, 11) is 0. The summed E-state index contributed by atoms with van der Waals surface area (Å²) in [4.78, 5) is 14.9. The Morgan fingerprint density at radius 2 is 1.56 bits per heavy atom. The molecular weight excluding hydrogens is 336 g/mol. The molecule has 1 aliphatic heterocycles. The molecule has 0 spiro atoms. The van der Waals surface area contributed by atoms with E-state index < -0.39 is 6.23 Å². The Labute approximate surface area is 160 Å². The number of rotatable bonds is 5. The lowest BCUT2D eigenvalue weighted by atomic mass is 9.81. The average molecular weight is 362 g/mol. The number of benzene rings is 2. The summed E-state index contributed by atoms with van der Waals surface area (Å²) in [5, 5.41) is 14.7. The maximum Gasteiger partial charge on any atom is 0.228 e. The van der Waals surface area contributed by atoms with Gasteiger partial charge in [-0.2, -0.15) is 0 Å². The van der Waals surface area contributed by atoms with Gasteiger partial charge < -0.3 is 15.3 Å². The molecule has 2 N–H and O–H groups in total. The lowest BCUT2D eigenvalue weighted by Crippen LogP contribution is -2.41. The van der Waals surface area contributed by atoms with E-state index in [9.17, 15) is 9.90 Å². The van der Waals surface area contributed by atoms with Crippen LogP contribution in [0.2, 0.25) is 0 Å². The minimum atomic E-state index is -0.654. The Morgan fingerprint density at radius 1 is 0.926 bits per heavy atom. The number of aliphatic hydroxyl groups excluding tert-OH is 1. The van der Waals surface area contributed by atoms with Gasteiger partial charge in [-0.3, -0.25) is 4.79 Å². The third-order valence-electron chi connectivity index (χ3n) is 6.94. The number of hydrogen-bond donors (Lipinski definition) is 2. The maximum absolute atomic E-state index is 13.1. The van der Waals surface area contributed by atoms with Gasteiger partial charge in [0.15, 0.2) is 0 Å². The first-order chi connectivity index (χ1) is 13.2. The first-order valence-corrected chi connectivity index (χ1v) is 10.0. The smallest absolute Gasteiger partial charge is 0.228 e. The number of carbonyl (C=O) groups is 1. The summed E-state index contributed by atoms with van der Waals surface area (Å²) in [5.74, 6) is 0.953. The molecule has 1 heterocycles. The van der Waals surface area contributed by atoms with E-state index >= 15 is 0 Å². The van der Waals surface area contributed by atoms with Crippen molar-refractivity contribution in [1.82, 2.24) is 10.2 Å². The molecule has 0 radical (unpaired) electrons. The lowest BCUT2D eigenvalue weighted by molar-refractivity contribution is -0.137. The van der Waals surface area contributed by atoms with Gasteiger partial charge in [-0.15, -0.1) is 0 Å².